The number of fused-ring (bicyclic) bond motifs is 16. The van der Waals surface area contributed by atoms with Crippen LogP contribution in [0.5, 0.6) is 34.5 Å². The van der Waals surface area contributed by atoms with E-state index in [0.29, 0.717) is 123 Å². The smallest absolute Gasteiger partial charge is 1.00 e. The predicted molar refractivity (Wildman–Crippen MR) is 508 cm³/mol. The van der Waals surface area contributed by atoms with Gasteiger partial charge < -0.3 is 54.3 Å². The largest absolute Gasteiger partial charge is 1.00 e. The summed E-state index contributed by atoms with van der Waals surface area (Å²) in [5.41, 5.74) is 18.8. The minimum absolute atomic E-state index is 0. The van der Waals surface area contributed by atoms with E-state index in [2.05, 4.69) is 43.5 Å². The Balaban J connectivity index is 0.000000202. The molecule has 0 radical (unpaired) electrons. The van der Waals surface area contributed by atoms with Gasteiger partial charge in [-0.25, -0.2) is 0 Å². The maximum Gasteiger partial charge on any atom is 1.00 e. The predicted octanol–water partition coefficient (Wildman–Crippen LogP) is 14.0. The maximum atomic E-state index is 14.2. The van der Waals surface area contributed by atoms with Crippen LogP contribution in [0.2, 0.25) is 0 Å². The van der Waals surface area contributed by atoms with Crippen LogP contribution < -0.4 is 87.4 Å². The zero-order chi connectivity index (χ0) is 92.1. The van der Waals surface area contributed by atoms with E-state index in [0.717, 1.165) is 106 Å². The summed E-state index contributed by atoms with van der Waals surface area (Å²) in [6, 6.07) is 57.1. The monoisotopic (exact) mass is 1850 g/mol. The van der Waals surface area contributed by atoms with E-state index in [1.807, 2.05) is 202 Å². The zero-order valence-corrected chi connectivity index (χ0v) is 80.5. The van der Waals surface area contributed by atoms with Gasteiger partial charge in [-0.3, -0.25) is 43.2 Å². The van der Waals surface area contributed by atoms with Gasteiger partial charge in [-0.1, -0.05) is 100 Å². The first-order chi connectivity index (χ1) is 62.0. The minimum atomic E-state index is -4.56. The summed E-state index contributed by atoms with van der Waals surface area (Å²) >= 11 is 9.27. The van der Waals surface area contributed by atoms with Crippen molar-refractivity contribution in [2.75, 3.05) is 57.7 Å². The molecule has 131 heavy (non-hydrogen) atoms. The molecule has 18 rings (SSSR count). The van der Waals surface area contributed by atoms with Crippen LogP contribution >= 0.6 is 25.3 Å². The number of anilines is 6. The molecule has 0 aliphatic carbocycles. The van der Waals surface area contributed by atoms with E-state index >= 15 is 0 Å². The first-order valence-corrected chi connectivity index (χ1v) is 46.8. The summed E-state index contributed by atoms with van der Waals surface area (Å²) < 4.78 is 98.7. The van der Waals surface area contributed by atoms with Gasteiger partial charge >= 0.3 is 40.2 Å². The molecule has 8 heterocycles. The third-order valence-electron chi connectivity index (χ3n) is 25.6. The van der Waals surface area contributed by atoms with Gasteiger partial charge in [0, 0.05) is 118 Å². The molecule has 1 N–H and O–H groups in total. The molecular formula is C101H104N7NaO18S4. The van der Waals surface area contributed by atoms with Crippen molar-refractivity contribution >= 4 is 127 Å². The second-order valence-corrected chi connectivity index (χ2v) is 40.2. The van der Waals surface area contributed by atoms with Crippen molar-refractivity contribution in [2.45, 2.75) is 190 Å². The molecular weight excluding hydrogens is 1750 g/mol. The van der Waals surface area contributed by atoms with E-state index in [-0.39, 0.29) is 133 Å². The Morgan fingerprint density at radius 1 is 0.466 bits per heavy atom. The van der Waals surface area contributed by atoms with Gasteiger partial charge in [0.15, 0.2) is 23.0 Å². The minimum Gasteiger partial charge on any atom is -1.00 e. The van der Waals surface area contributed by atoms with Crippen LogP contribution in [0.3, 0.4) is 0 Å². The Labute approximate surface area is 799 Å². The Hall–Kier alpha value is -11.3. The molecule has 0 fully saturated rings. The molecule has 1 unspecified atom stereocenters. The number of aliphatic imine (C=N–C) groups is 1. The number of para-hydroxylation sites is 4. The fraction of sp³-hybridized carbons (Fsp3) is 0.337. The van der Waals surface area contributed by atoms with Gasteiger partial charge in [0.1, 0.15) is 43.2 Å². The van der Waals surface area contributed by atoms with Gasteiger partial charge in [0.05, 0.1) is 37.6 Å². The molecule has 5 atom stereocenters. The summed E-state index contributed by atoms with van der Waals surface area (Å²) in [7, 11) is -1.02. The van der Waals surface area contributed by atoms with Crippen molar-refractivity contribution in [1.29, 1.82) is 0 Å². The van der Waals surface area contributed by atoms with Crippen LogP contribution in [0, 0.1) is 13.8 Å². The average molecular weight is 1860 g/mol. The number of carbonyl (C=O) groups excluding carboxylic acids is 6. The van der Waals surface area contributed by atoms with Crippen molar-refractivity contribution in [2.24, 2.45) is 4.99 Å². The molecule has 0 saturated heterocycles. The number of hydrogen-bond acceptors (Lipinski definition) is 20. The van der Waals surface area contributed by atoms with Crippen LogP contribution in [0.1, 0.15) is 181 Å². The average Bonchev–Trinajstić information content (AvgIpc) is 1.62. The number of hydrogen-bond donors (Lipinski definition) is 3. The van der Waals surface area contributed by atoms with Crippen LogP contribution in [-0.2, 0) is 102 Å². The zero-order valence-electron chi connectivity index (χ0n) is 76.0. The summed E-state index contributed by atoms with van der Waals surface area (Å²) in [6.45, 7) is 12.2. The first-order valence-electron chi connectivity index (χ1n) is 43.4. The van der Waals surface area contributed by atoms with Gasteiger partial charge in [-0.2, -0.15) is 33.7 Å². The SMILES string of the molecule is COc1cc2c(cc1OCc1cc(COc3cc4c(cc3C)C(=O)N3c5ccccc5C[C@H]3C(S(=O)(=O)O)C4)cc(N(C)C(=O)CCC(C)(C)S)c1)CC[C@@H]1Cc3ccccc3N1C2=O.COc1cc2c(cc1OCc1cc(COc3cc4c(cc3C)C(=O)N3c5ccccc5C[C@H]3C=N4)cc(N(C)C(=O)CCC(C)(C)S)c1)CC[C@@H]1Cc3ccccc3N1C2=O.O=S(=O)=O.[H-].[Na+]. The second-order valence-electron chi connectivity index (χ2n) is 35.7. The van der Waals surface area contributed by atoms with Crippen molar-refractivity contribution in [3.05, 3.63) is 277 Å². The van der Waals surface area contributed by atoms with Crippen LogP contribution in [-0.4, -0.2) is 134 Å². The van der Waals surface area contributed by atoms with Gasteiger partial charge in [-0.05, 0) is 254 Å². The summed E-state index contributed by atoms with van der Waals surface area (Å²) in [4.78, 5) is 98.7. The Morgan fingerprint density at radius 3 is 1.25 bits per heavy atom. The normalized spacial score (nSPS) is 17.5. The molecule has 8 aliphatic heterocycles. The van der Waals surface area contributed by atoms with Crippen molar-refractivity contribution in [3.8, 4) is 34.5 Å². The number of ether oxygens (including phenoxy) is 6. The first kappa shape index (κ1) is 94.4. The van der Waals surface area contributed by atoms with Crippen LogP contribution in [0.25, 0.3) is 0 Å². The summed E-state index contributed by atoms with van der Waals surface area (Å²) in [6.07, 6.45) is 9.38. The number of methoxy groups -OCH3 is 2. The van der Waals surface area contributed by atoms with Crippen LogP contribution in [0.4, 0.5) is 39.8 Å². The molecule has 10 aromatic carbocycles. The summed E-state index contributed by atoms with van der Waals surface area (Å²) in [5.74, 6) is 2.42. The molecule has 676 valence electrons. The van der Waals surface area contributed by atoms with Crippen molar-refractivity contribution in [3.63, 3.8) is 0 Å². The molecule has 0 spiro atoms. The Morgan fingerprint density at radius 2 is 0.824 bits per heavy atom. The number of thiol groups is 2. The second kappa shape index (κ2) is 38.9. The fourth-order valence-corrected chi connectivity index (χ4v) is 20.1. The number of carbonyl (C=O) groups is 6. The molecule has 0 aromatic heterocycles. The number of amides is 6. The molecule has 6 amide bonds. The van der Waals surface area contributed by atoms with E-state index in [1.54, 1.807) is 62.4 Å². The summed E-state index contributed by atoms with van der Waals surface area (Å²) in [5, 5.41) is -1.25. The molecule has 30 heteroatoms. The van der Waals surface area contributed by atoms with Gasteiger partial charge in [0.2, 0.25) is 11.8 Å². The molecule has 10 aromatic rings. The topological polar surface area (TPSA) is 295 Å². The number of aryl methyl sites for hydroxylation is 4. The quantitative estimate of drug-likeness (QED) is 0.0304. The van der Waals surface area contributed by atoms with E-state index in [1.165, 1.54) is 16.0 Å². The molecule has 0 saturated carbocycles. The van der Waals surface area contributed by atoms with Gasteiger partial charge in [-0.15, -0.1) is 12.6 Å². The number of benzene rings is 10. The van der Waals surface area contributed by atoms with E-state index in [9.17, 15) is 41.7 Å². The molecule has 8 aliphatic rings. The number of nitrogens with zero attached hydrogens (tertiary/aromatic N) is 7. The Bertz CT molecular complexity index is 6500. The van der Waals surface area contributed by atoms with E-state index < -0.39 is 32.0 Å². The third-order valence-corrected chi connectivity index (χ3v) is 27.3. The van der Waals surface area contributed by atoms with Crippen molar-refractivity contribution < 1.29 is 114 Å². The van der Waals surface area contributed by atoms with Crippen molar-refractivity contribution in [1.82, 2.24) is 0 Å². The van der Waals surface area contributed by atoms with Gasteiger partial charge in [0.25, 0.3) is 33.7 Å². The standard InChI is InChI=1S/C51H53N3O9S2.C50H50N4O6S.Na.O3S.H/c1-30-18-39-36(26-47(65(58,59)60)43-23-35-11-7-9-13-42(35)54(43)50(39)57)25-44(30)62-28-31-19-32(21-38(20-31)52(4)48(55)16-17-51(2,3)64)29-63-46-24-33-14-15-37-22-34-10-6-8-12-41(34)53(37)49(56)40(33)27-45(46)61-5;1-30-18-40-41(51-27-38-23-35-11-7-9-13-43(35)54(38)49(40)57)26-44(30)59-28-31-19-32(21-37(20-31)52(4)47(55)16-17-50(2,3)61)29-60-46-24-33-14-15-36-22-34-10-6-8-12-42(34)53(36)48(56)39(33)25-45(46)58-5;;1-4(2)3;/h6-13,18-21,24-25,27,37,43,47,64H,14-17,22-23,26,28-29H2,1-5H3,(H,58,59,60);6-13,18-21,24-27,36,38,61H,14-17,22-23,28-29H2,1-5H3;;;/q;;+1;;-1/t37-,43+,47?;36-,38+;;;/m11.../s1. The molecule has 25 nitrogen and oxygen atoms in total. The third kappa shape index (κ3) is 20.4. The van der Waals surface area contributed by atoms with Crippen LogP contribution in [0.15, 0.2) is 187 Å². The number of rotatable bonds is 23. The molecule has 0 bridgehead atoms. The Kier molecular flexibility index (Phi) is 28.0. The fourth-order valence-electron chi connectivity index (χ4n) is 18.9. The van der Waals surface area contributed by atoms with E-state index in [4.69, 9.17) is 46.0 Å². The maximum absolute atomic E-state index is 14.2.